The van der Waals surface area contributed by atoms with Crippen LogP contribution in [0.3, 0.4) is 0 Å². The van der Waals surface area contributed by atoms with Crippen molar-refractivity contribution in [2.24, 2.45) is 0 Å². The van der Waals surface area contributed by atoms with Crippen LogP contribution in [0.2, 0.25) is 0 Å². The van der Waals surface area contributed by atoms with Crippen LogP contribution >= 0.6 is 0 Å². The minimum Gasteiger partial charge on any atom is -0.265 e. The Labute approximate surface area is 148 Å². The minimum atomic E-state index is -3.67. The van der Waals surface area contributed by atoms with Gasteiger partial charge in [0.2, 0.25) is 10.0 Å². The molecular formula is C20H20N2O2S. The van der Waals surface area contributed by atoms with E-state index < -0.39 is 16.1 Å². The number of hydrogen-bond donors (Lipinski definition) is 1. The first-order valence-electron chi connectivity index (χ1n) is 8.02. The zero-order chi connectivity index (χ0) is 17.9. The highest BCUT2D eigenvalue weighted by Crippen LogP contribution is 2.24. The molecule has 1 heterocycles. The van der Waals surface area contributed by atoms with E-state index in [0.717, 1.165) is 22.3 Å². The highest BCUT2D eigenvalue weighted by Gasteiger charge is 2.23. The number of benzene rings is 2. The maximum atomic E-state index is 12.9. The Kier molecular flexibility index (Phi) is 4.97. The Bertz CT molecular complexity index is 916. The van der Waals surface area contributed by atoms with Crippen molar-refractivity contribution in [3.05, 3.63) is 95.3 Å². The van der Waals surface area contributed by atoms with Crippen molar-refractivity contribution in [1.82, 2.24) is 9.71 Å². The molecule has 0 aliphatic carbocycles. The van der Waals surface area contributed by atoms with E-state index in [-0.39, 0.29) is 4.90 Å². The third-order valence-corrected chi connectivity index (χ3v) is 5.65. The summed E-state index contributed by atoms with van der Waals surface area (Å²) in [6, 6.07) is 17.9. The number of sulfonamides is 1. The first-order chi connectivity index (χ1) is 12.0. The third kappa shape index (κ3) is 3.95. The first kappa shape index (κ1) is 17.3. The Hall–Kier alpha value is -2.50. The molecule has 0 aliphatic rings. The quantitative estimate of drug-likeness (QED) is 0.760. The van der Waals surface area contributed by atoms with Crippen molar-refractivity contribution in [3.8, 4) is 0 Å². The topological polar surface area (TPSA) is 59.1 Å². The molecular weight excluding hydrogens is 332 g/mol. The van der Waals surface area contributed by atoms with Gasteiger partial charge in [-0.15, -0.1) is 0 Å². The second-order valence-corrected chi connectivity index (χ2v) is 7.71. The fourth-order valence-corrected chi connectivity index (χ4v) is 3.93. The van der Waals surface area contributed by atoms with Gasteiger partial charge in [-0.05, 0) is 60.4 Å². The van der Waals surface area contributed by atoms with Crippen LogP contribution in [0, 0.1) is 13.8 Å². The molecule has 0 saturated heterocycles. The van der Waals surface area contributed by atoms with Gasteiger partial charge < -0.3 is 0 Å². The summed E-state index contributed by atoms with van der Waals surface area (Å²) in [7, 11) is -3.67. The van der Waals surface area contributed by atoms with Gasteiger partial charge in [0.05, 0.1) is 10.9 Å². The van der Waals surface area contributed by atoms with Crippen LogP contribution in [0.1, 0.15) is 28.3 Å². The first-order valence-corrected chi connectivity index (χ1v) is 9.50. The number of rotatable bonds is 5. The second-order valence-electron chi connectivity index (χ2n) is 5.99. The van der Waals surface area contributed by atoms with E-state index in [4.69, 9.17) is 0 Å². The lowest BCUT2D eigenvalue weighted by Crippen LogP contribution is -2.29. The molecule has 5 heteroatoms. The van der Waals surface area contributed by atoms with E-state index in [0.29, 0.717) is 0 Å². The molecule has 1 aromatic heterocycles. The number of nitrogens with zero attached hydrogens (tertiary/aromatic N) is 1. The molecule has 2 aromatic carbocycles. The van der Waals surface area contributed by atoms with E-state index in [9.17, 15) is 8.42 Å². The van der Waals surface area contributed by atoms with Crippen molar-refractivity contribution in [2.45, 2.75) is 24.8 Å². The summed E-state index contributed by atoms with van der Waals surface area (Å²) >= 11 is 0. The van der Waals surface area contributed by atoms with Crippen LogP contribution in [0.4, 0.5) is 0 Å². The predicted molar refractivity (Wildman–Crippen MR) is 98.8 cm³/mol. The fourth-order valence-electron chi connectivity index (χ4n) is 2.63. The third-order valence-electron chi connectivity index (χ3n) is 4.23. The van der Waals surface area contributed by atoms with Gasteiger partial charge in [0.1, 0.15) is 0 Å². The summed E-state index contributed by atoms with van der Waals surface area (Å²) < 4.78 is 28.7. The lowest BCUT2D eigenvalue weighted by atomic mass is 10.0. The van der Waals surface area contributed by atoms with E-state index >= 15 is 0 Å². The van der Waals surface area contributed by atoms with Crippen LogP contribution < -0.4 is 4.72 Å². The molecule has 0 bridgehead atoms. The SMILES string of the molecule is Cc1ccc(S(=O)(=O)N[C@@H](c2ccccc2)c2ccncc2)cc1C. The lowest BCUT2D eigenvalue weighted by Gasteiger charge is -2.20. The van der Waals surface area contributed by atoms with Gasteiger partial charge >= 0.3 is 0 Å². The summed E-state index contributed by atoms with van der Waals surface area (Å²) in [5, 5.41) is 0. The lowest BCUT2D eigenvalue weighted by molar-refractivity contribution is 0.572. The number of nitrogens with one attached hydrogen (secondary N) is 1. The molecule has 0 unspecified atom stereocenters. The molecule has 3 rings (SSSR count). The van der Waals surface area contributed by atoms with Gasteiger partial charge in [-0.2, -0.15) is 4.72 Å². The van der Waals surface area contributed by atoms with Crippen molar-refractivity contribution >= 4 is 10.0 Å². The van der Waals surface area contributed by atoms with Crippen molar-refractivity contribution in [2.75, 3.05) is 0 Å². The molecule has 0 saturated carbocycles. The van der Waals surface area contributed by atoms with Crippen molar-refractivity contribution < 1.29 is 8.42 Å². The normalized spacial score (nSPS) is 12.7. The zero-order valence-corrected chi connectivity index (χ0v) is 15.0. The molecule has 1 N–H and O–H groups in total. The van der Waals surface area contributed by atoms with Gasteiger partial charge in [0, 0.05) is 12.4 Å². The van der Waals surface area contributed by atoms with E-state index in [1.165, 1.54) is 0 Å². The maximum absolute atomic E-state index is 12.9. The fraction of sp³-hybridized carbons (Fsp3) is 0.150. The summed E-state index contributed by atoms with van der Waals surface area (Å²) in [6.07, 6.45) is 3.32. The number of hydrogen-bond acceptors (Lipinski definition) is 3. The summed E-state index contributed by atoms with van der Waals surface area (Å²) in [4.78, 5) is 4.29. The highest BCUT2D eigenvalue weighted by molar-refractivity contribution is 7.89. The smallest absolute Gasteiger partial charge is 0.241 e. The van der Waals surface area contributed by atoms with Crippen LogP contribution in [0.5, 0.6) is 0 Å². The largest absolute Gasteiger partial charge is 0.265 e. The number of pyridine rings is 1. The van der Waals surface area contributed by atoms with Crippen LogP contribution in [0.15, 0.2) is 78.0 Å². The molecule has 0 amide bonds. The maximum Gasteiger partial charge on any atom is 0.241 e. The standard InChI is InChI=1S/C20H20N2O2S/c1-15-8-9-19(14-16(15)2)25(23,24)22-20(17-6-4-3-5-7-17)18-10-12-21-13-11-18/h3-14,20,22H,1-2H3/t20-/m0/s1. The summed E-state index contributed by atoms with van der Waals surface area (Å²) in [6.45, 7) is 3.87. The Balaban J connectivity index is 2.01. The highest BCUT2D eigenvalue weighted by atomic mass is 32.2. The molecule has 128 valence electrons. The number of aryl methyl sites for hydroxylation is 2. The molecule has 0 aliphatic heterocycles. The van der Waals surface area contributed by atoms with Crippen LogP contribution in [-0.2, 0) is 10.0 Å². The molecule has 1 atom stereocenters. The van der Waals surface area contributed by atoms with E-state index in [1.54, 1.807) is 24.5 Å². The molecule has 0 spiro atoms. The van der Waals surface area contributed by atoms with Gasteiger partial charge in [-0.1, -0.05) is 36.4 Å². The Morgan fingerprint density at radius 1 is 0.840 bits per heavy atom. The minimum absolute atomic E-state index is 0.269. The second kappa shape index (κ2) is 7.17. The summed E-state index contributed by atoms with van der Waals surface area (Å²) in [5.74, 6) is 0. The molecule has 3 aromatic rings. The van der Waals surface area contributed by atoms with Gasteiger partial charge in [-0.25, -0.2) is 8.42 Å². The summed E-state index contributed by atoms with van der Waals surface area (Å²) in [5.41, 5.74) is 3.73. The predicted octanol–water partition coefficient (Wildman–Crippen LogP) is 3.77. The van der Waals surface area contributed by atoms with Gasteiger partial charge in [0.25, 0.3) is 0 Å². The van der Waals surface area contributed by atoms with Crippen molar-refractivity contribution in [3.63, 3.8) is 0 Å². The number of aromatic nitrogens is 1. The van der Waals surface area contributed by atoms with Crippen molar-refractivity contribution in [1.29, 1.82) is 0 Å². The zero-order valence-electron chi connectivity index (χ0n) is 14.2. The average molecular weight is 352 g/mol. The van der Waals surface area contributed by atoms with Gasteiger partial charge in [0.15, 0.2) is 0 Å². The Morgan fingerprint density at radius 3 is 2.12 bits per heavy atom. The Morgan fingerprint density at radius 2 is 1.48 bits per heavy atom. The van der Waals surface area contributed by atoms with E-state index in [1.807, 2.05) is 62.4 Å². The van der Waals surface area contributed by atoms with Crippen LogP contribution in [-0.4, -0.2) is 13.4 Å². The monoisotopic (exact) mass is 352 g/mol. The molecule has 0 radical (unpaired) electrons. The average Bonchev–Trinajstić information content (AvgIpc) is 2.63. The van der Waals surface area contributed by atoms with Crippen LogP contribution in [0.25, 0.3) is 0 Å². The molecule has 0 fully saturated rings. The van der Waals surface area contributed by atoms with Gasteiger partial charge in [-0.3, -0.25) is 4.98 Å². The van der Waals surface area contributed by atoms with E-state index in [2.05, 4.69) is 9.71 Å². The molecule has 4 nitrogen and oxygen atoms in total. The molecule has 25 heavy (non-hydrogen) atoms.